The summed E-state index contributed by atoms with van der Waals surface area (Å²) >= 11 is 6.69. The standard InChI is InChI=1S/C29H31ClF4N2O5S/c30-23-14-26-27(13-21(23)18-9-10-24(31)22(11-18)28(37)38)42(39,40)35-25(17-5-2-1-3-6-17)15-36(26)19-7-4-8-20(12-19)41-16-29(32,33)34/h4,7-11,13-14,17,20,25,28,35,37-38H,1-3,5-6,12,15-16H2/t20?,25-/m0/s1. The number of sulfonamides is 1. The molecule has 2 aromatic rings. The van der Waals surface area contributed by atoms with E-state index in [1.54, 1.807) is 17.1 Å². The maximum absolute atomic E-state index is 14.2. The first-order chi connectivity index (χ1) is 19.8. The predicted molar refractivity (Wildman–Crippen MR) is 150 cm³/mol. The molecule has 1 saturated carbocycles. The van der Waals surface area contributed by atoms with Crippen LogP contribution in [0.2, 0.25) is 5.02 Å². The Kier molecular flexibility index (Phi) is 9.03. The van der Waals surface area contributed by atoms with Crippen LogP contribution in [-0.4, -0.2) is 50.1 Å². The van der Waals surface area contributed by atoms with E-state index in [-0.39, 0.29) is 45.6 Å². The summed E-state index contributed by atoms with van der Waals surface area (Å²) in [6, 6.07) is 5.92. The zero-order chi connectivity index (χ0) is 30.2. The van der Waals surface area contributed by atoms with E-state index in [1.165, 1.54) is 30.3 Å². The summed E-state index contributed by atoms with van der Waals surface area (Å²) in [5.41, 5.74) is 0.907. The van der Waals surface area contributed by atoms with E-state index in [0.717, 1.165) is 38.2 Å². The number of fused-ring (bicyclic) bond motifs is 1. The molecular weight excluding hydrogens is 600 g/mol. The van der Waals surface area contributed by atoms with Crippen molar-refractivity contribution < 1.29 is 40.9 Å². The maximum Gasteiger partial charge on any atom is 0.411 e. The van der Waals surface area contributed by atoms with E-state index in [1.807, 2.05) is 0 Å². The average molecular weight is 631 g/mol. The first-order valence-electron chi connectivity index (χ1n) is 13.7. The number of allylic oxidation sites excluding steroid dienone is 2. The van der Waals surface area contributed by atoms with Crippen molar-refractivity contribution in [2.24, 2.45) is 5.92 Å². The predicted octanol–water partition coefficient (Wildman–Crippen LogP) is 5.97. The fourth-order valence-electron chi connectivity index (χ4n) is 5.90. The zero-order valence-electron chi connectivity index (χ0n) is 22.4. The lowest BCUT2D eigenvalue weighted by Gasteiger charge is -2.35. The SMILES string of the molecule is O=S1(=O)N[C@H](C2CCCCC2)CN(C2=CC=CC(OCC(F)(F)F)C2)c2cc(Cl)c(-c3ccc(F)c(C(O)O)c3)cc21. The number of aliphatic hydroxyl groups excluding tert-OH is 1. The lowest BCUT2D eigenvalue weighted by molar-refractivity contribution is -0.180. The van der Waals surface area contributed by atoms with Crippen molar-refractivity contribution >= 4 is 27.3 Å². The van der Waals surface area contributed by atoms with Gasteiger partial charge in [0.15, 0.2) is 6.29 Å². The Bertz CT molecular complexity index is 1490. The first kappa shape index (κ1) is 31.0. The molecule has 5 rings (SSSR count). The van der Waals surface area contributed by atoms with Gasteiger partial charge in [-0.3, -0.25) is 0 Å². The molecule has 0 amide bonds. The monoisotopic (exact) mass is 630 g/mol. The highest BCUT2D eigenvalue weighted by molar-refractivity contribution is 7.89. The Morgan fingerprint density at radius 1 is 1.12 bits per heavy atom. The number of benzene rings is 2. The highest BCUT2D eigenvalue weighted by atomic mass is 35.5. The van der Waals surface area contributed by atoms with Crippen molar-refractivity contribution in [1.82, 2.24) is 4.72 Å². The highest BCUT2D eigenvalue weighted by Crippen LogP contribution is 2.42. The van der Waals surface area contributed by atoms with Crippen molar-refractivity contribution in [1.29, 1.82) is 0 Å². The minimum atomic E-state index is -4.50. The van der Waals surface area contributed by atoms with Gasteiger partial charge in [-0.25, -0.2) is 17.5 Å². The molecule has 1 unspecified atom stereocenters. The molecule has 1 aliphatic heterocycles. The number of aliphatic hydroxyl groups is 2. The Labute approximate surface area is 246 Å². The Morgan fingerprint density at radius 2 is 1.86 bits per heavy atom. The van der Waals surface area contributed by atoms with E-state index in [9.17, 15) is 36.2 Å². The molecule has 13 heteroatoms. The van der Waals surface area contributed by atoms with Gasteiger partial charge in [-0.2, -0.15) is 13.2 Å². The number of hydrogen-bond acceptors (Lipinski definition) is 6. The lowest BCUT2D eigenvalue weighted by atomic mass is 9.84. The molecule has 1 fully saturated rings. The molecule has 3 aliphatic rings. The van der Waals surface area contributed by atoms with Gasteiger partial charge in [-0.1, -0.05) is 49.1 Å². The second-order valence-electron chi connectivity index (χ2n) is 10.9. The molecule has 0 bridgehead atoms. The van der Waals surface area contributed by atoms with Crippen LogP contribution in [0.5, 0.6) is 0 Å². The molecule has 0 saturated heterocycles. The Hall–Kier alpha value is -2.48. The normalized spacial score (nSPS) is 23.0. The summed E-state index contributed by atoms with van der Waals surface area (Å²) in [7, 11) is -4.12. The molecule has 7 nitrogen and oxygen atoms in total. The van der Waals surface area contributed by atoms with E-state index in [2.05, 4.69) is 4.72 Å². The van der Waals surface area contributed by atoms with Gasteiger partial charge in [0.1, 0.15) is 17.3 Å². The van der Waals surface area contributed by atoms with Gasteiger partial charge in [-0.05, 0) is 54.7 Å². The number of nitrogens with zero attached hydrogens (tertiary/aromatic N) is 1. The third-order valence-electron chi connectivity index (χ3n) is 7.95. The van der Waals surface area contributed by atoms with Crippen LogP contribution in [0.3, 0.4) is 0 Å². The summed E-state index contributed by atoms with van der Waals surface area (Å²) in [4.78, 5) is 1.67. The molecule has 0 radical (unpaired) electrons. The molecule has 2 atom stereocenters. The summed E-state index contributed by atoms with van der Waals surface area (Å²) in [5, 5.41) is 19.3. The number of anilines is 1. The largest absolute Gasteiger partial charge is 0.411 e. The molecule has 0 spiro atoms. The minimum Gasteiger partial charge on any atom is -0.364 e. The zero-order valence-corrected chi connectivity index (χ0v) is 24.0. The molecule has 228 valence electrons. The fraction of sp³-hybridized carbons (Fsp3) is 0.448. The van der Waals surface area contributed by atoms with Crippen LogP contribution in [0.25, 0.3) is 11.1 Å². The molecule has 3 N–H and O–H groups in total. The summed E-state index contributed by atoms with van der Waals surface area (Å²) in [5.74, 6) is -0.794. The quantitative estimate of drug-likeness (QED) is 0.269. The van der Waals surface area contributed by atoms with Crippen LogP contribution in [0.15, 0.2) is 59.2 Å². The van der Waals surface area contributed by atoms with Crippen LogP contribution in [0.4, 0.5) is 23.2 Å². The Morgan fingerprint density at radius 3 is 2.55 bits per heavy atom. The van der Waals surface area contributed by atoms with Crippen LogP contribution in [0, 0.1) is 11.7 Å². The fourth-order valence-corrected chi connectivity index (χ4v) is 7.67. The lowest BCUT2D eigenvalue weighted by Crippen LogP contribution is -2.46. The van der Waals surface area contributed by atoms with Gasteiger partial charge in [0.05, 0.1) is 16.8 Å². The van der Waals surface area contributed by atoms with Gasteiger partial charge in [0, 0.05) is 35.8 Å². The summed E-state index contributed by atoms with van der Waals surface area (Å²) < 4.78 is 88.4. The van der Waals surface area contributed by atoms with Crippen molar-refractivity contribution in [2.45, 2.75) is 68.0 Å². The second-order valence-corrected chi connectivity index (χ2v) is 12.9. The number of rotatable bonds is 6. The smallest absolute Gasteiger partial charge is 0.364 e. The Balaban J connectivity index is 1.59. The van der Waals surface area contributed by atoms with Gasteiger partial charge >= 0.3 is 6.18 Å². The number of alkyl halides is 3. The number of hydrogen-bond donors (Lipinski definition) is 3. The van der Waals surface area contributed by atoms with Crippen LogP contribution < -0.4 is 9.62 Å². The molecule has 42 heavy (non-hydrogen) atoms. The van der Waals surface area contributed by atoms with Crippen LogP contribution in [0.1, 0.15) is 50.4 Å². The van der Waals surface area contributed by atoms with Gasteiger partial charge in [0.2, 0.25) is 10.0 Å². The topological polar surface area (TPSA) is 99.1 Å². The number of ether oxygens (including phenoxy) is 1. The third kappa shape index (κ3) is 6.84. The van der Waals surface area contributed by atoms with Crippen molar-refractivity contribution in [3.63, 3.8) is 0 Å². The molecule has 1 heterocycles. The average Bonchev–Trinajstić information content (AvgIpc) is 3.05. The second kappa shape index (κ2) is 12.3. The van der Waals surface area contributed by atoms with Crippen LogP contribution in [-0.2, 0) is 14.8 Å². The molecule has 2 aliphatic carbocycles. The summed E-state index contributed by atoms with van der Waals surface area (Å²) in [6.07, 6.45) is 2.14. The van der Waals surface area contributed by atoms with Crippen LogP contribution >= 0.6 is 11.6 Å². The van der Waals surface area contributed by atoms with Crippen molar-refractivity contribution in [2.75, 3.05) is 18.1 Å². The number of nitrogens with one attached hydrogen (secondary N) is 1. The molecular formula is C29H31ClF4N2O5S. The number of halogens is 5. The van der Waals surface area contributed by atoms with Gasteiger partial charge < -0.3 is 19.8 Å². The molecule has 0 aromatic heterocycles. The summed E-state index contributed by atoms with van der Waals surface area (Å²) in [6.45, 7) is -1.18. The van der Waals surface area contributed by atoms with Gasteiger partial charge in [0.25, 0.3) is 0 Å². The van der Waals surface area contributed by atoms with E-state index in [4.69, 9.17) is 16.3 Å². The maximum atomic E-state index is 14.2. The van der Waals surface area contributed by atoms with Gasteiger partial charge in [-0.15, -0.1) is 0 Å². The van der Waals surface area contributed by atoms with Crippen molar-refractivity contribution in [3.05, 3.63) is 70.7 Å². The van der Waals surface area contributed by atoms with E-state index < -0.39 is 52.6 Å². The highest BCUT2D eigenvalue weighted by Gasteiger charge is 2.38. The molecule has 2 aromatic carbocycles. The minimum absolute atomic E-state index is 0.0583. The first-order valence-corrected chi connectivity index (χ1v) is 15.5. The van der Waals surface area contributed by atoms with E-state index >= 15 is 0 Å². The third-order valence-corrected chi connectivity index (χ3v) is 9.78. The van der Waals surface area contributed by atoms with E-state index in [0.29, 0.717) is 5.70 Å². The van der Waals surface area contributed by atoms with Crippen molar-refractivity contribution in [3.8, 4) is 11.1 Å².